The molecule has 0 aliphatic heterocycles. The third kappa shape index (κ3) is 2.48. The summed E-state index contributed by atoms with van der Waals surface area (Å²) in [6, 6.07) is 5.35. The summed E-state index contributed by atoms with van der Waals surface area (Å²) in [6.07, 6.45) is 0.901. The molecule has 2 unspecified atom stereocenters. The monoisotopic (exact) mass is 214 g/mol. The highest BCUT2D eigenvalue weighted by Gasteiger charge is 2.15. The maximum atomic E-state index is 13.3. The topological polar surface area (TPSA) is 0 Å². The summed E-state index contributed by atoms with van der Waals surface area (Å²) in [5.74, 6) is 0.0612. The minimum absolute atomic E-state index is 0.0807. The van der Waals surface area contributed by atoms with Crippen LogP contribution >= 0.6 is 11.6 Å². The van der Waals surface area contributed by atoms with Gasteiger partial charge >= 0.3 is 0 Å². The predicted octanol–water partition coefficient (Wildman–Crippen LogP) is 4.26. The Morgan fingerprint density at radius 2 is 2.07 bits per heavy atom. The fraction of sp³-hybridized carbons (Fsp3) is 0.500. The lowest BCUT2D eigenvalue weighted by Crippen LogP contribution is -2.08. The van der Waals surface area contributed by atoms with E-state index in [1.54, 1.807) is 19.1 Å². The van der Waals surface area contributed by atoms with Crippen LogP contribution in [0.15, 0.2) is 18.2 Å². The van der Waals surface area contributed by atoms with Gasteiger partial charge in [-0.1, -0.05) is 26.0 Å². The fourth-order valence-electron chi connectivity index (χ4n) is 1.45. The predicted molar refractivity (Wildman–Crippen MR) is 59.5 cm³/mol. The van der Waals surface area contributed by atoms with Crippen LogP contribution in [0.5, 0.6) is 0 Å². The lowest BCUT2D eigenvalue weighted by molar-refractivity contribution is 0.607. The number of hydrogen-bond acceptors (Lipinski definition) is 0. The maximum Gasteiger partial charge on any atom is 0.126 e. The highest BCUT2D eigenvalue weighted by atomic mass is 35.5. The second-order valence-electron chi connectivity index (χ2n) is 3.72. The Labute approximate surface area is 90.1 Å². The molecular weight excluding hydrogens is 199 g/mol. The van der Waals surface area contributed by atoms with Crippen molar-refractivity contribution in [3.05, 3.63) is 35.1 Å². The number of benzene rings is 1. The molecular formula is C12H16ClF. The van der Waals surface area contributed by atoms with Crippen LogP contribution in [-0.2, 0) is 0 Å². The third-order valence-electron chi connectivity index (χ3n) is 2.65. The molecule has 0 aromatic heterocycles. The Bertz CT molecular complexity index is 309. The summed E-state index contributed by atoms with van der Waals surface area (Å²) in [5, 5.41) is 0.0807. The molecule has 2 heteroatoms. The van der Waals surface area contributed by atoms with Crippen molar-refractivity contribution in [2.45, 2.75) is 38.5 Å². The molecule has 0 aliphatic rings. The van der Waals surface area contributed by atoms with Gasteiger partial charge in [0.25, 0.3) is 0 Å². The molecule has 1 aromatic carbocycles. The Balaban J connectivity index is 2.91. The van der Waals surface area contributed by atoms with Crippen LogP contribution in [0.25, 0.3) is 0 Å². The Morgan fingerprint density at radius 3 is 2.57 bits per heavy atom. The van der Waals surface area contributed by atoms with Gasteiger partial charge in [0.1, 0.15) is 5.82 Å². The summed E-state index contributed by atoms with van der Waals surface area (Å²) in [6.45, 7) is 5.84. The van der Waals surface area contributed by atoms with E-state index in [4.69, 9.17) is 11.6 Å². The molecule has 0 fully saturated rings. The van der Waals surface area contributed by atoms with E-state index in [-0.39, 0.29) is 17.1 Å². The van der Waals surface area contributed by atoms with E-state index in [0.717, 1.165) is 12.0 Å². The molecule has 0 radical (unpaired) electrons. The summed E-state index contributed by atoms with van der Waals surface area (Å²) >= 11 is 6.12. The second-order valence-corrected chi connectivity index (χ2v) is 4.28. The second kappa shape index (κ2) is 4.79. The smallest absolute Gasteiger partial charge is 0.126 e. The van der Waals surface area contributed by atoms with Crippen molar-refractivity contribution in [3.63, 3.8) is 0 Å². The van der Waals surface area contributed by atoms with Crippen LogP contribution in [0.1, 0.15) is 37.3 Å². The van der Waals surface area contributed by atoms with Gasteiger partial charge in [0, 0.05) is 5.38 Å². The van der Waals surface area contributed by atoms with Crippen LogP contribution in [0, 0.1) is 12.7 Å². The SMILES string of the molecule is CCC(Cl)C(C)c1ccc(C)c(F)c1. The van der Waals surface area contributed by atoms with Crippen molar-refractivity contribution in [2.24, 2.45) is 0 Å². The van der Waals surface area contributed by atoms with Crippen LogP contribution in [0.4, 0.5) is 4.39 Å². The lowest BCUT2D eigenvalue weighted by atomic mass is 9.95. The molecule has 0 amide bonds. The van der Waals surface area contributed by atoms with Crippen molar-refractivity contribution in [1.82, 2.24) is 0 Å². The zero-order valence-electron chi connectivity index (χ0n) is 8.85. The zero-order chi connectivity index (χ0) is 10.7. The normalized spacial score (nSPS) is 15.2. The van der Waals surface area contributed by atoms with Gasteiger partial charge in [-0.15, -0.1) is 11.6 Å². The lowest BCUT2D eigenvalue weighted by Gasteiger charge is -2.17. The first-order valence-electron chi connectivity index (χ1n) is 4.96. The molecule has 0 saturated carbocycles. The summed E-state index contributed by atoms with van der Waals surface area (Å²) in [4.78, 5) is 0. The van der Waals surface area contributed by atoms with E-state index in [1.807, 2.05) is 19.9 Å². The molecule has 78 valence electrons. The van der Waals surface area contributed by atoms with Crippen LogP contribution < -0.4 is 0 Å². The number of alkyl halides is 1. The molecule has 0 N–H and O–H groups in total. The van der Waals surface area contributed by atoms with E-state index >= 15 is 0 Å². The van der Waals surface area contributed by atoms with Crippen molar-refractivity contribution < 1.29 is 4.39 Å². The highest BCUT2D eigenvalue weighted by molar-refractivity contribution is 6.21. The van der Waals surface area contributed by atoms with Gasteiger partial charge in [-0.2, -0.15) is 0 Å². The van der Waals surface area contributed by atoms with Crippen LogP contribution in [-0.4, -0.2) is 5.38 Å². The van der Waals surface area contributed by atoms with Gasteiger partial charge in [-0.05, 0) is 36.5 Å². The molecule has 14 heavy (non-hydrogen) atoms. The summed E-state index contributed by atoms with van der Waals surface area (Å²) in [5.41, 5.74) is 1.67. The average Bonchev–Trinajstić information content (AvgIpc) is 2.20. The number of aryl methyl sites for hydroxylation is 1. The van der Waals surface area contributed by atoms with Gasteiger partial charge in [0.2, 0.25) is 0 Å². The van der Waals surface area contributed by atoms with Gasteiger partial charge < -0.3 is 0 Å². The average molecular weight is 215 g/mol. The minimum Gasteiger partial charge on any atom is -0.207 e. The Morgan fingerprint density at radius 1 is 1.43 bits per heavy atom. The number of hydrogen-bond donors (Lipinski definition) is 0. The minimum atomic E-state index is -0.144. The van der Waals surface area contributed by atoms with E-state index in [1.165, 1.54) is 0 Å². The first-order valence-corrected chi connectivity index (χ1v) is 5.40. The zero-order valence-corrected chi connectivity index (χ0v) is 9.61. The van der Waals surface area contributed by atoms with Gasteiger partial charge in [0.05, 0.1) is 0 Å². The van der Waals surface area contributed by atoms with Crippen LogP contribution in [0.3, 0.4) is 0 Å². The Kier molecular flexibility index (Phi) is 3.94. The van der Waals surface area contributed by atoms with Crippen molar-refractivity contribution in [3.8, 4) is 0 Å². The third-order valence-corrected chi connectivity index (χ3v) is 3.34. The molecule has 0 bridgehead atoms. The van der Waals surface area contributed by atoms with Crippen LogP contribution in [0.2, 0.25) is 0 Å². The molecule has 1 rings (SSSR count). The Hall–Kier alpha value is -0.560. The molecule has 2 atom stereocenters. The molecule has 0 saturated heterocycles. The first kappa shape index (κ1) is 11.5. The van der Waals surface area contributed by atoms with Gasteiger partial charge in [0.15, 0.2) is 0 Å². The maximum absolute atomic E-state index is 13.3. The summed E-state index contributed by atoms with van der Waals surface area (Å²) < 4.78 is 13.3. The molecule has 0 heterocycles. The first-order chi connectivity index (χ1) is 6.56. The van der Waals surface area contributed by atoms with E-state index in [2.05, 4.69) is 0 Å². The standard InChI is InChI=1S/C12H16ClF/c1-4-11(13)9(3)10-6-5-8(2)12(14)7-10/h5-7,9,11H,4H2,1-3H3. The quantitative estimate of drug-likeness (QED) is 0.660. The largest absolute Gasteiger partial charge is 0.207 e. The molecule has 0 nitrogen and oxygen atoms in total. The van der Waals surface area contributed by atoms with Gasteiger partial charge in [-0.25, -0.2) is 4.39 Å². The summed E-state index contributed by atoms with van der Waals surface area (Å²) in [7, 11) is 0. The van der Waals surface area contributed by atoms with Crippen molar-refractivity contribution in [1.29, 1.82) is 0 Å². The van der Waals surface area contributed by atoms with E-state index in [9.17, 15) is 4.39 Å². The number of rotatable bonds is 3. The molecule has 0 aliphatic carbocycles. The van der Waals surface area contributed by atoms with E-state index in [0.29, 0.717) is 5.56 Å². The fourth-order valence-corrected chi connectivity index (χ4v) is 1.60. The molecule has 1 aromatic rings. The van der Waals surface area contributed by atoms with Gasteiger partial charge in [-0.3, -0.25) is 0 Å². The molecule has 0 spiro atoms. The highest BCUT2D eigenvalue weighted by Crippen LogP contribution is 2.26. The van der Waals surface area contributed by atoms with E-state index < -0.39 is 0 Å². The van der Waals surface area contributed by atoms with Crippen molar-refractivity contribution in [2.75, 3.05) is 0 Å². The van der Waals surface area contributed by atoms with Crippen molar-refractivity contribution >= 4 is 11.6 Å². The number of halogens is 2.